The predicted octanol–water partition coefficient (Wildman–Crippen LogP) is 2.11. The van der Waals surface area contributed by atoms with E-state index < -0.39 is 120 Å². The smallest absolute Gasteiger partial charge is 0.312 e. The van der Waals surface area contributed by atoms with Crippen molar-refractivity contribution in [1.82, 2.24) is 65.8 Å². The van der Waals surface area contributed by atoms with Crippen molar-refractivity contribution in [2.75, 3.05) is 133 Å². The Morgan fingerprint density at radius 1 is 0.660 bits per heavy atom. The van der Waals surface area contributed by atoms with Crippen molar-refractivity contribution in [1.29, 1.82) is 0 Å². The zero-order chi connectivity index (χ0) is 76.2. The van der Waals surface area contributed by atoms with E-state index in [-0.39, 0.29) is 67.8 Å². The van der Waals surface area contributed by atoms with Crippen LogP contribution in [0.1, 0.15) is 145 Å². The fourth-order valence-corrected chi connectivity index (χ4v) is 14.4. The van der Waals surface area contributed by atoms with Gasteiger partial charge in [0, 0.05) is 132 Å². The second-order valence-corrected chi connectivity index (χ2v) is 29.3. The molecule has 4 saturated heterocycles. The number of nitrogens with one attached hydrogen (secondary N) is 5. The van der Waals surface area contributed by atoms with Gasteiger partial charge < -0.3 is 71.2 Å². The van der Waals surface area contributed by atoms with Gasteiger partial charge >= 0.3 is 6.03 Å². The number of fused-ring (bicyclic) bond motifs is 12. The molecule has 29 nitrogen and oxygen atoms in total. The van der Waals surface area contributed by atoms with Crippen molar-refractivity contribution in [2.45, 2.75) is 194 Å². The number of aliphatic hydroxyl groups excluding tert-OH is 1. The van der Waals surface area contributed by atoms with E-state index in [1.54, 1.807) is 84.4 Å². The van der Waals surface area contributed by atoms with Crippen LogP contribution in [0.15, 0.2) is 42.5 Å². The summed E-state index contributed by atoms with van der Waals surface area (Å²) in [6.45, 7) is 25.4. The van der Waals surface area contributed by atoms with Gasteiger partial charge in [0.2, 0.25) is 47.3 Å². The minimum Gasteiger partial charge on any atom is -0.386 e. The fourth-order valence-electron chi connectivity index (χ4n) is 14.4. The van der Waals surface area contributed by atoms with Gasteiger partial charge in [-0.05, 0) is 74.7 Å². The molecule has 5 aliphatic heterocycles. The first-order chi connectivity index (χ1) is 48.9. The summed E-state index contributed by atoms with van der Waals surface area (Å²) in [5, 5.41) is 25.3. The third-order valence-corrected chi connectivity index (χ3v) is 20.8. The molecule has 5 aliphatic rings. The molecular weight excluding hydrogens is 1320 g/mol. The molecule has 2 unspecified atom stereocenters. The highest BCUT2D eigenvalue weighted by atomic mass is 16.5. The van der Waals surface area contributed by atoms with Crippen molar-refractivity contribution in [3.05, 3.63) is 48.0 Å². The zero-order valence-corrected chi connectivity index (χ0v) is 63.9. The number of benzene rings is 1. The summed E-state index contributed by atoms with van der Waals surface area (Å²) in [6.07, 6.45) is 4.34. The lowest BCUT2D eigenvalue weighted by molar-refractivity contribution is -0.149. The second-order valence-electron chi connectivity index (χ2n) is 29.3. The largest absolute Gasteiger partial charge is 0.386 e. The maximum atomic E-state index is 15.1. The summed E-state index contributed by atoms with van der Waals surface area (Å²) in [6, 6.07) is 1.91. The number of hydrogen-bond acceptors (Lipinski definition) is 18. The minimum absolute atomic E-state index is 0.00383. The highest BCUT2D eigenvalue weighted by Crippen LogP contribution is 2.31. The number of likely N-dealkylation sites (N-methyl/N-ethyl adjacent to an activating group) is 2. The molecule has 1 aromatic carbocycles. The average molecular weight is 1450 g/mol. The lowest BCUT2D eigenvalue weighted by Gasteiger charge is -2.41. The number of unbranched alkanes of at least 4 members (excludes halogenated alkanes) is 2. The van der Waals surface area contributed by atoms with Crippen molar-refractivity contribution < 1.29 is 72.1 Å². The van der Waals surface area contributed by atoms with Gasteiger partial charge in [-0.2, -0.15) is 0 Å². The van der Waals surface area contributed by atoms with E-state index in [2.05, 4.69) is 41.3 Å². The van der Waals surface area contributed by atoms with Crippen LogP contribution >= 0.6 is 0 Å². The zero-order valence-electron chi connectivity index (χ0n) is 63.9. The van der Waals surface area contributed by atoms with Crippen LogP contribution in [0.2, 0.25) is 0 Å². The molecule has 4 fully saturated rings. The third kappa shape index (κ3) is 26.1. The Kier molecular flexibility index (Phi) is 36.4. The molecule has 8 N–H and O–H groups in total. The number of nitrogens with two attached hydrogens (primary N) is 1. The van der Waals surface area contributed by atoms with E-state index in [1.165, 1.54) is 43.2 Å². The molecule has 0 saturated carbocycles. The summed E-state index contributed by atoms with van der Waals surface area (Å²) < 4.78 is 18.2. The van der Waals surface area contributed by atoms with Crippen LogP contribution in [-0.4, -0.2) is 297 Å². The topological polar surface area (TPSA) is 348 Å². The summed E-state index contributed by atoms with van der Waals surface area (Å²) in [5.74, 6) is -6.24. The Hall–Kier alpha value is -7.15. The molecule has 29 heteroatoms. The van der Waals surface area contributed by atoms with Gasteiger partial charge in [-0.15, -0.1) is 0 Å². The molecule has 0 radical (unpaired) electrons. The number of nitrogens with zero attached hydrogens (tertiary/aromatic N) is 8. The first-order valence-corrected chi connectivity index (χ1v) is 37.4. The quantitative estimate of drug-likeness (QED) is 0.0370. The molecule has 580 valence electrons. The Morgan fingerprint density at radius 2 is 1.27 bits per heavy atom. The lowest BCUT2D eigenvalue weighted by atomic mass is 9.89. The normalized spacial score (nSPS) is 21.1. The van der Waals surface area contributed by atoms with E-state index in [0.717, 1.165) is 0 Å². The second kappa shape index (κ2) is 43.3. The van der Waals surface area contributed by atoms with Crippen molar-refractivity contribution >= 4 is 65.1 Å². The van der Waals surface area contributed by atoms with Crippen LogP contribution in [0, 0.1) is 29.6 Å². The lowest BCUT2D eigenvalue weighted by Crippen LogP contribution is -2.62. The molecule has 103 heavy (non-hydrogen) atoms. The number of aliphatic hydroxyl groups is 1. The molecule has 0 aromatic heterocycles. The molecule has 0 aliphatic carbocycles. The van der Waals surface area contributed by atoms with E-state index in [9.17, 15) is 48.3 Å². The molecule has 6 rings (SSSR count). The van der Waals surface area contributed by atoms with Crippen LogP contribution in [0.5, 0.6) is 0 Å². The van der Waals surface area contributed by atoms with Crippen LogP contribution in [0.25, 0.3) is 0 Å². The van der Waals surface area contributed by atoms with Crippen LogP contribution in [0.3, 0.4) is 0 Å². The van der Waals surface area contributed by atoms with Gasteiger partial charge in [0.1, 0.15) is 24.2 Å². The Morgan fingerprint density at radius 3 is 1.83 bits per heavy atom. The number of amides is 12. The summed E-state index contributed by atoms with van der Waals surface area (Å²) in [7, 11) is 6.11. The van der Waals surface area contributed by atoms with Crippen molar-refractivity contribution in [2.24, 2.45) is 35.3 Å². The molecule has 12 amide bonds. The number of carbonyl (C=O) groups is 11. The number of primary amides is 1. The Labute approximate surface area is 611 Å². The number of carbonyl (C=O) groups excluding carboxylic acids is 11. The maximum absolute atomic E-state index is 15.1. The van der Waals surface area contributed by atoms with Crippen LogP contribution < -0.4 is 32.3 Å². The fraction of sp³-hybridized carbons (Fsp3) is 0.743. The first kappa shape index (κ1) is 86.5. The minimum atomic E-state index is -1.25. The number of urea groups is 1. The van der Waals surface area contributed by atoms with Crippen molar-refractivity contribution in [3.63, 3.8) is 0 Å². The highest BCUT2D eigenvalue weighted by molar-refractivity contribution is 6.12. The maximum Gasteiger partial charge on any atom is 0.312 e. The van der Waals surface area contributed by atoms with Crippen LogP contribution in [0.4, 0.5) is 4.79 Å². The molecule has 5 heterocycles. The standard InChI is InChI=1S/C74H124N14O15/c1-15-51(8)66(57(101-13)46-62(93)87-33-23-27-56(87)68(102-14)52(9)69(95)77-53(10)67(94)54-24-18-16-19-25-54)82(12)73(99)64(49(4)5)80-71(97)65(50(6)7)81(11)72(98)55(26-22-31-76-74(75)100)78-70(96)63(48(2)3)79-58(89)47-85-36-34-83-38-40-86(41-39-84(35-37-85)43-45-103-44-42-83)59(90)28-20-17-21-32-88-60(91)29-30-61(88)92/h16,18-19,24-25,29-30,48-53,55-57,63-68,94H,15,17,20-23,26-28,31-47H2,1-14H3,(H,77,95)(H,78,96)(H,79,89)(H,80,97)(H3,75,76,100)/t51-,52+,53+,55-,56+,57+,63-,64-,65-,66-,67+,68+/m0/s1. The van der Waals surface area contributed by atoms with E-state index in [1.807, 2.05) is 36.9 Å². The molecule has 0 spiro atoms. The van der Waals surface area contributed by atoms with Gasteiger partial charge in [0.25, 0.3) is 11.8 Å². The number of hydrogen-bond donors (Lipinski definition) is 7. The van der Waals surface area contributed by atoms with Gasteiger partial charge in [-0.1, -0.05) is 105 Å². The van der Waals surface area contributed by atoms with E-state index in [0.29, 0.717) is 142 Å². The average Bonchev–Trinajstić information content (AvgIpc) is 1.80. The summed E-state index contributed by atoms with van der Waals surface area (Å²) >= 11 is 0. The number of likely N-dealkylation sites (tertiary alicyclic amines) is 1. The summed E-state index contributed by atoms with van der Waals surface area (Å²) in [4.78, 5) is 166. The number of imide groups is 1. The molecule has 1 aromatic rings. The SMILES string of the molecule is CC[C@H](C)[C@@H]([C@@H](CC(=O)N1CCC[C@@H]1[C@H](OC)[C@@H](C)C(=O)N[C@H](C)[C@@H](O)c1ccccc1)OC)N(C)C(=O)[C@@H](NC(=O)[C@H](C(C)C)N(C)C(=O)[C@H](CCCNC(N)=O)NC(=O)[C@@H](NC(=O)CN1CCN2CCOCCN(CC1)CCN(C(=O)CCCCCN1C(=O)C=CC1=O)CC2)C(C)C)C(C)C. The number of methoxy groups -OCH3 is 2. The van der Waals surface area contributed by atoms with Crippen LogP contribution in [-0.2, 0) is 62.2 Å². The predicted molar refractivity (Wildman–Crippen MR) is 390 cm³/mol. The number of rotatable bonds is 37. The Bertz CT molecular complexity index is 2920. The van der Waals surface area contributed by atoms with Gasteiger partial charge in [-0.25, -0.2) is 4.79 Å². The van der Waals surface area contributed by atoms with E-state index >= 15 is 9.59 Å². The summed E-state index contributed by atoms with van der Waals surface area (Å²) in [5.41, 5.74) is 6.07. The van der Waals surface area contributed by atoms with Gasteiger partial charge in [-0.3, -0.25) is 67.5 Å². The first-order valence-electron chi connectivity index (χ1n) is 37.4. The third-order valence-electron chi connectivity index (χ3n) is 20.8. The molecule has 14 atom stereocenters. The van der Waals surface area contributed by atoms with Gasteiger partial charge in [0.05, 0.1) is 68.5 Å². The van der Waals surface area contributed by atoms with E-state index in [4.69, 9.17) is 19.9 Å². The molecular formula is C74H124N14O15. The number of ether oxygens (including phenoxy) is 3. The Balaban J connectivity index is 1.25. The van der Waals surface area contributed by atoms with Gasteiger partial charge in [0.15, 0.2) is 0 Å². The van der Waals surface area contributed by atoms with Crippen molar-refractivity contribution in [3.8, 4) is 0 Å². The monoisotopic (exact) mass is 1450 g/mol. The highest BCUT2D eigenvalue weighted by Gasteiger charge is 2.45. The molecule has 2 bridgehead atoms.